The summed E-state index contributed by atoms with van der Waals surface area (Å²) in [7, 11) is 0. The molecule has 2 aromatic carbocycles. The van der Waals surface area contributed by atoms with E-state index in [1.165, 1.54) is 0 Å². The molecular formula is C16H17BrClNO. The van der Waals surface area contributed by atoms with Gasteiger partial charge in [0, 0.05) is 21.5 Å². The van der Waals surface area contributed by atoms with Crippen LogP contribution in [-0.4, -0.2) is 17.3 Å². The van der Waals surface area contributed by atoms with Gasteiger partial charge < -0.3 is 5.32 Å². The van der Waals surface area contributed by atoms with Gasteiger partial charge in [-0.2, -0.15) is 0 Å². The minimum Gasteiger partial charge on any atom is -0.350 e. The largest absolute Gasteiger partial charge is 0.350 e. The van der Waals surface area contributed by atoms with Crippen molar-refractivity contribution in [1.29, 1.82) is 0 Å². The number of rotatable bonds is 4. The van der Waals surface area contributed by atoms with E-state index in [2.05, 4.69) is 21.2 Å². The fraction of sp³-hybridized carbons (Fsp3) is 0.312. The van der Waals surface area contributed by atoms with E-state index >= 15 is 0 Å². The predicted molar refractivity (Wildman–Crippen MR) is 88.5 cm³/mol. The smallest absolute Gasteiger partial charge is 0.251 e. The molecule has 0 aliphatic heterocycles. The third-order valence-corrected chi connectivity index (χ3v) is 3.79. The van der Waals surface area contributed by atoms with E-state index in [-0.39, 0.29) is 17.3 Å². The molecule has 20 heavy (non-hydrogen) atoms. The quantitative estimate of drug-likeness (QED) is 0.790. The van der Waals surface area contributed by atoms with Crippen LogP contribution in [-0.2, 0) is 0 Å². The zero-order valence-electron chi connectivity index (χ0n) is 11.5. The summed E-state index contributed by atoms with van der Waals surface area (Å²) in [6.45, 7) is 3.90. The summed E-state index contributed by atoms with van der Waals surface area (Å²) in [6, 6.07) is 11.8. The zero-order valence-corrected chi connectivity index (χ0v) is 13.8. The molecule has 0 spiro atoms. The van der Waals surface area contributed by atoms with Gasteiger partial charge in [0.1, 0.15) is 0 Å². The molecule has 0 radical (unpaired) electrons. The minimum absolute atomic E-state index is 0.0549. The molecule has 0 aromatic heterocycles. The van der Waals surface area contributed by atoms with Crippen LogP contribution in [0.25, 0.3) is 10.8 Å². The Morgan fingerprint density at radius 3 is 2.55 bits per heavy atom. The van der Waals surface area contributed by atoms with E-state index in [1.54, 1.807) is 0 Å². The fourth-order valence-electron chi connectivity index (χ4n) is 2.21. The molecule has 1 N–H and O–H groups in total. The van der Waals surface area contributed by atoms with Gasteiger partial charge in [-0.25, -0.2) is 0 Å². The number of nitrogens with one attached hydrogen (secondary N) is 1. The number of amides is 1. The van der Waals surface area contributed by atoms with Crippen LogP contribution in [0.3, 0.4) is 0 Å². The van der Waals surface area contributed by atoms with Gasteiger partial charge in [0.15, 0.2) is 0 Å². The normalized spacial score (nSPS) is 14.0. The number of fused-ring (bicyclic) bond motifs is 1. The minimum atomic E-state index is -0.0559. The molecule has 0 aliphatic rings. The van der Waals surface area contributed by atoms with Crippen LogP contribution < -0.4 is 5.32 Å². The van der Waals surface area contributed by atoms with Gasteiger partial charge in [-0.1, -0.05) is 28.1 Å². The third kappa shape index (κ3) is 3.97. The van der Waals surface area contributed by atoms with Crippen molar-refractivity contribution in [2.45, 2.75) is 31.7 Å². The summed E-state index contributed by atoms with van der Waals surface area (Å²) in [5.74, 6) is -0.0559. The van der Waals surface area contributed by atoms with Crippen molar-refractivity contribution in [3.63, 3.8) is 0 Å². The van der Waals surface area contributed by atoms with E-state index < -0.39 is 0 Å². The lowest BCUT2D eigenvalue weighted by Crippen LogP contribution is -2.33. The summed E-state index contributed by atoms with van der Waals surface area (Å²) in [6.07, 6.45) is 0.758. The fourth-order valence-corrected chi connectivity index (χ4v) is 2.86. The first-order valence-electron chi connectivity index (χ1n) is 6.60. The highest BCUT2D eigenvalue weighted by Crippen LogP contribution is 2.21. The summed E-state index contributed by atoms with van der Waals surface area (Å²) < 4.78 is 1.03. The lowest BCUT2D eigenvalue weighted by Gasteiger charge is -2.15. The van der Waals surface area contributed by atoms with E-state index in [9.17, 15) is 4.79 Å². The monoisotopic (exact) mass is 353 g/mol. The molecule has 0 aliphatic carbocycles. The van der Waals surface area contributed by atoms with Gasteiger partial charge in [-0.3, -0.25) is 4.79 Å². The average molecular weight is 355 g/mol. The van der Waals surface area contributed by atoms with Gasteiger partial charge in [0.25, 0.3) is 5.91 Å². The van der Waals surface area contributed by atoms with Crippen LogP contribution in [0.2, 0.25) is 0 Å². The lowest BCUT2D eigenvalue weighted by atomic mass is 10.1. The average Bonchev–Trinajstić information content (AvgIpc) is 2.36. The molecule has 0 fully saturated rings. The van der Waals surface area contributed by atoms with Crippen molar-refractivity contribution >= 4 is 44.2 Å². The van der Waals surface area contributed by atoms with Crippen LogP contribution in [0.1, 0.15) is 30.6 Å². The number of alkyl halides is 1. The Hall–Kier alpha value is -1.06. The van der Waals surface area contributed by atoms with Gasteiger partial charge in [0.2, 0.25) is 0 Å². The van der Waals surface area contributed by atoms with Crippen LogP contribution in [0.5, 0.6) is 0 Å². The maximum absolute atomic E-state index is 12.2. The van der Waals surface area contributed by atoms with Crippen molar-refractivity contribution in [3.05, 3.63) is 46.4 Å². The molecule has 0 saturated carbocycles. The van der Waals surface area contributed by atoms with Crippen LogP contribution in [0.15, 0.2) is 40.9 Å². The molecule has 0 saturated heterocycles. The van der Waals surface area contributed by atoms with E-state index in [1.807, 2.05) is 50.2 Å². The number of benzene rings is 2. The number of halogens is 2. The summed E-state index contributed by atoms with van der Waals surface area (Å²) in [5.41, 5.74) is 0.675. The Balaban J connectivity index is 2.16. The van der Waals surface area contributed by atoms with Crippen molar-refractivity contribution in [2.24, 2.45) is 0 Å². The number of hydrogen-bond donors (Lipinski definition) is 1. The number of carbonyl (C=O) groups excluding carboxylic acids is 1. The Kier molecular flexibility index (Phi) is 5.06. The Morgan fingerprint density at radius 2 is 1.85 bits per heavy atom. The van der Waals surface area contributed by atoms with Crippen molar-refractivity contribution < 1.29 is 4.79 Å². The second-order valence-corrected chi connectivity index (χ2v) is 6.76. The third-order valence-electron chi connectivity index (χ3n) is 3.12. The van der Waals surface area contributed by atoms with Crippen LogP contribution >= 0.6 is 27.5 Å². The molecule has 2 nitrogen and oxygen atoms in total. The molecule has 0 bridgehead atoms. The first-order chi connectivity index (χ1) is 9.45. The first kappa shape index (κ1) is 15.3. The Labute approximate surface area is 132 Å². The Morgan fingerprint density at radius 1 is 1.20 bits per heavy atom. The molecule has 106 valence electrons. The standard InChI is InChI=1S/C16H17BrClNO/c1-10(18)7-11(2)19-16(20)14-4-3-13-9-15(17)6-5-12(13)8-14/h3-6,8-11H,7H2,1-2H3,(H,19,20). The van der Waals surface area contributed by atoms with Gasteiger partial charge in [-0.15, -0.1) is 11.6 Å². The van der Waals surface area contributed by atoms with Gasteiger partial charge in [0.05, 0.1) is 0 Å². The maximum Gasteiger partial charge on any atom is 0.251 e. The SMILES string of the molecule is CC(Cl)CC(C)NC(=O)c1ccc2cc(Br)ccc2c1. The lowest BCUT2D eigenvalue weighted by molar-refractivity contribution is 0.0938. The highest BCUT2D eigenvalue weighted by atomic mass is 79.9. The molecular weight excluding hydrogens is 338 g/mol. The van der Waals surface area contributed by atoms with Gasteiger partial charge >= 0.3 is 0 Å². The highest BCUT2D eigenvalue weighted by Gasteiger charge is 2.12. The summed E-state index contributed by atoms with van der Waals surface area (Å²) in [5, 5.41) is 5.19. The first-order valence-corrected chi connectivity index (χ1v) is 7.83. The van der Waals surface area contributed by atoms with E-state index in [0.717, 1.165) is 21.7 Å². The molecule has 0 heterocycles. The van der Waals surface area contributed by atoms with Crippen molar-refractivity contribution in [3.8, 4) is 0 Å². The number of carbonyl (C=O) groups is 1. The Bertz CT molecular complexity index is 627. The van der Waals surface area contributed by atoms with Crippen molar-refractivity contribution in [1.82, 2.24) is 5.32 Å². The molecule has 2 rings (SSSR count). The second kappa shape index (κ2) is 6.59. The zero-order chi connectivity index (χ0) is 14.7. The maximum atomic E-state index is 12.2. The molecule has 2 atom stereocenters. The van der Waals surface area contributed by atoms with Crippen LogP contribution in [0, 0.1) is 0 Å². The summed E-state index contributed by atoms with van der Waals surface area (Å²) in [4.78, 5) is 12.2. The molecule has 2 aromatic rings. The highest BCUT2D eigenvalue weighted by molar-refractivity contribution is 9.10. The molecule has 4 heteroatoms. The number of hydrogen-bond acceptors (Lipinski definition) is 1. The topological polar surface area (TPSA) is 29.1 Å². The van der Waals surface area contributed by atoms with E-state index in [0.29, 0.717) is 5.56 Å². The van der Waals surface area contributed by atoms with Gasteiger partial charge in [-0.05, 0) is 55.3 Å². The second-order valence-electron chi connectivity index (χ2n) is 5.10. The van der Waals surface area contributed by atoms with E-state index in [4.69, 9.17) is 11.6 Å². The van der Waals surface area contributed by atoms with Crippen LogP contribution in [0.4, 0.5) is 0 Å². The predicted octanol–water partition coefficient (Wildman–Crippen LogP) is 4.74. The molecule has 1 amide bonds. The van der Waals surface area contributed by atoms with Crippen molar-refractivity contribution in [2.75, 3.05) is 0 Å². The molecule has 2 unspecified atom stereocenters. The summed E-state index contributed by atoms with van der Waals surface area (Å²) >= 11 is 9.38.